The van der Waals surface area contributed by atoms with E-state index >= 15 is 0 Å². The van der Waals surface area contributed by atoms with E-state index in [-0.39, 0.29) is 103 Å². The average Bonchev–Trinajstić information content (AvgIpc) is 0.821. The van der Waals surface area contributed by atoms with Gasteiger partial charge in [0.1, 0.15) is 39.4 Å². The number of hydrogen-bond acceptors (Lipinski definition) is 13. The van der Waals surface area contributed by atoms with Gasteiger partial charge in [-0.25, -0.2) is 0 Å². The fraction of sp³-hybridized carbons (Fsp3) is 0.467. The number of carbonyl (C=O) groups is 1. The van der Waals surface area contributed by atoms with Gasteiger partial charge >= 0.3 is 22.3 Å². The predicted octanol–water partition coefficient (Wildman–Crippen LogP) is 32.2. The maximum Gasteiger partial charge on any atom is 0.437 e. The molecule has 2 saturated carbocycles. The van der Waals surface area contributed by atoms with Crippen molar-refractivity contribution in [3.05, 3.63) is 264 Å². The Labute approximate surface area is 748 Å². The van der Waals surface area contributed by atoms with Crippen LogP contribution in [0.15, 0.2) is 261 Å². The molecule has 2 aliphatic rings. The Morgan fingerprint density at radius 3 is 1.00 bits per heavy atom. The van der Waals surface area contributed by atoms with Crippen LogP contribution < -0.4 is 18.9 Å². The maximum absolute atomic E-state index is 13.4. The summed E-state index contributed by atoms with van der Waals surface area (Å²) in [6.07, 6.45) is 13.2. The highest BCUT2D eigenvalue weighted by Crippen LogP contribution is 2.34. The molecule has 0 aromatic heterocycles. The van der Waals surface area contributed by atoms with E-state index in [2.05, 4.69) is 204 Å². The Morgan fingerprint density at radius 1 is 0.423 bits per heavy atom. The minimum atomic E-state index is -4.98. The molecule has 2 fully saturated rings. The van der Waals surface area contributed by atoms with Crippen molar-refractivity contribution in [2.75, 3.05) is 7.11 Å². The molecule has 11 rings (SSSR count). The summed E-state index contributed by atoms with van der Waals surface area (Å²) in [5.41, 5.74) is 2.67. The van der Waals surface area contributed by atoms with Gasteiger partial charge in [-0.3, -0.25) is 9.08 Å². The number of methoxy groups -OCH3 is 1. The summed E-state index contributed by atoms with van der Waals surface area (Å²) in [7, 11) is -3.33. The Balaban J connectivity index is -0.000000460. The van der Waals surface area contributed by atoms with Crippen LogP contribution in [0.3, 0.4) is 0 Å². The van der Waals surface area contributed by atoms with E-state index in [0.29, 0.717) is 59.5 Å². The maximum atomic E-state index is 13.4. The molecule has 9 aromatic rings. The molecule has 0 aliphatic heterocycles. The number of halogens is 3. The molecule has 6 unspecified atom stereocenters. The Morgan fingerprint density at radius 2 is 0.715 bits per heavy atom. The van der Waals surface area contributed by atoms with Crippen molar-refractivity contribution in [3.8, 4) is 34.5 Å². The van der Waals surface area contributed by atoms with E-state index in [1.165, 1.54) is 145 Å². The highest BCUT2D eigenvalue weighted by atomic mass is 32.2. The van der Waals surface area contributed by atoms with Crippen LogP contribution in [0, 0.1) is 5.41 Å². The number of ether oxygens (including phenoxy) is 6. The molecule has 123 heavy (non-hydrogen) atoms. The van der Waals surface area contributed by atoms with Crippen molar-refractivity contribution in [1.29, 1.82) is 0 Å². The molecule has 9 aromatic carbocycles. The van der Waals surface area contributed by atoms with Gasteiger partial charge < -0.3 is 38.6 Å². The Kier molecular flexibility index (Phi) is 63.5. The van der Waals surface area contributed by atoms with Gasteiger partial charge in [-0.2, -0.15) is 21.6 Å². The molecule has 0 saturated heterocycles. The molecule has 0 spiro atoms. The van der Waals surface area contributed by atoms with Gasteiger partial charge in [-0.05, 0) is 265 Å². The van der Waals surface area contributed by atoms with Crippen molar-refractivity contribution >= 4 is 32.7 Å². The van der Waals surface area contributed by atoms with Gasteiger partial charge in [0.15, 0.2) is 33.0 Å². The lowest BCUT2D eigenvalue weighted by Crippen LogP contribution is -2.28. The van der Waals surface area contributed by atoms with Crippen LogP contribution in [0.5, 0.6) is 34.5 Å². The molecule has 0 amide bonds. The van der Waals surface area contributed by atoms with Crippen LogP contribution in [0.25, 0.3) is 0 Å². The van der Waals surface area contributed by atoms with Crippen molar-refractivity contribution in [2.45, 2.75) is 335 Å². The Hall–Kier alpha value is -9.07. The van der Waals surface area contributed by atoms with E-state index in [9.17, 15) is 26.4 Å². The van der Waals surface area contributed by atoms with Crippen molar-refractivity contribution < 1.29 is 69.3 Å². The van der Waals surface area contributed by atoms with Crippen molar-refractivity contribution in [2.24, 2.45) is 10.6 Å². The lowest BCUT2D eigenvalue weighted by atomic mass is 9.91. The lowest BCUT2D eigenvalue weighted by molar-refractivity contribution is -0.144. The average molecular weight is 1750 g/mol. The van der Waals surface area contributed by atoms with Crippen LogP contribution in [-0.2, 0) is 39.6 Å². The number of carbonyl (C=O) groups excluding carboxylic acids is 1. The van der Waals surface area contributed by atoms with E-state index in [1.807, 2.05) is 45.0 Å². The number of phenols is 2. The van der Waals surface area contributed by atoms with E-state index in [1.54, 1.807) is 38.1 Å². The number of phenolic OH excluding ortho intramolecular Hbond substituents is 2. The fourth-order valence-corrected chi connectivity index (χ4v) is 14.8. The van der Waals surface area contributed by atoms with Gasteiger partial charge in [-0.15, -0.1) is 0 Å². The SMILES string of the molecule is C.C.C.C.C.C.C.C.C.C.CCC(C)(C)C(=O)Oc1ccc(S(=O)(=O)O/N=C(/c2ccc(OC)cc2)C(F)(F)F)cc1.CCC(C)c1ccc(O)cc1.CCC(C)c1ccc(O)cc1.CCC(C)c1ccc(OC(C)OC2CCCCC2)cc1.CCC(C)c1ccc(OC(C)OC2CCCCC2)cc1.c1ccc([S+](c2ccccc2)c2ccccc2)cc1. The summed E-state index contributed by atoms with van der Waals surface area (Å²) in [4.78, 5) is 15.7. The summed E-state index contributed by atoms with van der Waals surface area (Å²) in [5.74, 6) is 4.78. The van der Waals surface area contributed by atoms with Gasteiger partial charge in [0.05, 0.1) is 35.6 Å². The molecule has 6 atom stereocenters. The second-order valence-electron chi connectivity index (χ2n) is 29.3. The zero-order valence-electron chi connectivity index (χ0n) is 68.6. The van der Waals surface area contributed by atoms with Gasteiger partial charge in [0, 0.05) is 5.56 Å². The second kappa shape index (κ2) is 63.8. The van der Waals surface area contributed by atoms with Crippen LogP contribution in [-0.4, -0.2) is 68.4 Å². The van der Waals surface area contributed by atoms with Crippen LogP contribution in [0.4, 0.5) is 13.2 Å². The quantitative estimate of drug-likeness (QED) is 0.0125. The molecule has 2 aliphatic carbocycles. The van der Waals surface area contributed by atoms with Gasteiger partial charge in [0.25, 0.3) is 0 Å². The summed E-state index contributed by atoms with van der Waals surface area (Å²) < 4.78 is 103. The second-order valence-corrected chi connectivity index (χ2v) is 32.8. The number of esters is 1. The zero-order chi connectivity index (χ0) is 82.4. The number of nitrogens with zero attached hydrogens (tertiary/aromatic N) is 1. The molecule has 18 heteroatoms. The van der Waals surface area contributed by atoms with Crippen molar-refractivity contribution in [3.63, 3.8) is 0 Å². The first-order valence-electron chi connectivity index (χ1n) is 40.0. The highest BCUT2D eigenvalue weighted by Gasteiger charge is 2.39. The van der Waals surface area contributed by atoms with Gasteiger partial charge in [-0.1, -0.05) is 283 Å². The standard InChI is InChI=1S/C21H22F3NO6S.2C18H28O2.C18H15S.2C10H14O.10CH4/c1-5-20(2,3)19(26)30-16-10-12-17(13-11-16)32(27,28)31-25-18(21(22,23)24)14-6-8-15(29-4)9-7-14;2*1-4-14(2)16-10-12-18(13-11-16)20-15(3)19-17-8-6-5-7-9-17;1-4-10-16(11-5-1)19(17-12-6-2-7-13-17)18-14-8-3-9-15-18;2*1-3-8(2)9-4-6-10(11)7-5-9;;;;;;;;;;/h6-13H,5H2,1-4H3;2*10-15,17H,4-9H2,1-3H3;1-15H;2*4-8,11H,3H2,1-2H3;10*1H4/q;;;+1;;;;;;;;;;;;/b25-18-;;;;;;;;;;;;;;;. The zero-order valence-corrected chi connectivity index (χ0v) is 70.2. The number of hydrogen-bond donors (Lipinski definition) is 2. The third-order valence-corrected chi connectivity index (χ3v) is 23.7. The van der Waals surface area contributed by atoms with Crippen LogP contribution in [0.1, 0.15) is 312 Å². The minimum absolute atomic E-state index is 0. The van der Waals surface area contributed by atoms with E-state index in [0.717, 1.165) is 48.6 Å². The molecule has 0 bridgehead atoms. The predicted molar refractivity (Wildman–Crippen MR) is 519 cm³/mol. The molecule has 690 valence electrons. The number of benzene rings is 9. The largest absolute Gasteiger partial charge is 0.508 e. The smallest absolute Gasteiger partial charge is 0.437 e. The van der Waals surface area contributed by atoms with E-state index < -0.39 is 43.8 Å². The molecule has 0 radical (unpaired) electrons. The summed E-state index contributed by atoms with van der Waals surface area (Å²) in [6, 6.07) is 73.0. The number of alkyl halides is 3. The first kappa shape index (κ1) is 122. The molecule has 13 nitrogen and oxygen atoms in total. The number of rotatable bonds is 27. The Bertz CT molecular complexity index is 4020. The molecular formula is C105H161F3NO12S2+. The summed E-state index contributed by atoms with van der Waals surface area (Å²) in [6.45, 7) is 26.8. The third kappa shape index (κ3) is 42.9. The number of aromatic hydroxyl groups is 2. The molecule has 2 N–H and O–H groups in total. The summed E-state index contributed by atoms with van der Waals surface area (Å²) in [5, 5.41) is 20.9. The third-order valence-electron chi connectivity index (χ3n) is 20.3. The first-order chi connectivity index (χ1) is 54.1. The molecular weight excluding hydrogens is 1590 g/mol. The fourth-order valence-electron chi connectivity index (χ4n) is 12.0. The normalized spacial score (nSPS) is 13.7. The van der Waals surface area contributed by atoms with Gasteiger partial charge in [0.2, 0.25) is 0 Å². The minimum Gasteiger partial charge on any atom is -0.508 e. The first-order valence-corrected chi connectivity index (χ1v) is 42.6. The van der Waals surface area contributed by atoms with Crippen molar-refractivity contribution in [1.82, 2.24) is 0 Å². The van der Waals surface area contributed by atoms with Crippen LogP contribution >= 0.6 is 0 Å². The number of oxime groups is 1. The lowest BCUT2D eigenvalue weighted by Gasteiger charge is -2.26. The van der Waals surface area contributed by atoms with Crippen LogP contribution in [0.2, 0.25) is 0 Å². The topological polar surface area (TPSA) is 169 Å². The highest BCUT2D eigenvalue weighted by molar-refractivity contribution is 7.97. The van der Waals surface area contributed by atoms with E-state index in [4.69, 9.17) is 38.6 Å². The summed E-state index contributed by atoms with van der Waals surface area (Å²) >= 11 is 0. The monoisotopic (exact) mass is 1750 g/mol. The molecule has 0 heterocycles.